The van der Waals surface area contributed by atoms with E-state index in [1.54, 1.807) is 18.2 Å². The van der Waals surface area contributed by atoms with Crippen molar-refractivity contribution in [3.8, 4) is 11.5 Å². The Labute approximate surface area is 144 Å². The first-order valence-corrected chi connectivity index (χ1v) is 7.78. The van der Waals surface area contributed by atoms with Crippen LogP contribution in [0.5, 0.6) is 11.5 Å². The van der Waals surface area contributed by atoms with Gasteiger partial charge in [0.15, 0.2) is 23.0 Å². The van der Waals surface area contributed by atoms with Gasteiger partial charge in [-0.25, -0.2) is 0 Å². The van der Waals surface area contributed by atoms with E-state index in [2.05, 4.69) is 10.5 Å². The van der Waals surface area contributed by atoms with Crippen LogP contribution in [0.3, 0.4) is 0 Å². The molecule has 7 nitrogen and oxygen atoms in total. The smallest absolute Gasteiger partial charge is 0.273 e. The number of rotatable bonds is 8. The van der Waals surface area contributed by atoms with Crippen LogP contribution in [0.15, 0.2) is 28.8 Å². The van der Waals surface area contributed by atoms with E-state index in [9.17, 15) is 4.79 Å². The van der Waals surface area contributed by atoms with Crippen molar-refractivity contribution in [3.05, 3.63) is 40.7 Å². The molecule has 0 aliphatic heterocycles. The van der Waals surface area contributed by atoms with Crippen molar-refractivity contribution in [1.29, 1.82) is 0 Å². The maximum Gasteiger partial charge on any atom is 0.273 e. The van der Waals surface area contributed by atoms with Crippen molar-refractivity contribution in [2.24, 2.45) is 0 Å². The van der Waals surface area contributed by atoms with Gasteiger partial charge in [-0.15, -0.1) is 0 Å². The average molecular weight is 355 g/mol. The number of nitrogens with zero attached hydrogens (tertiary/aromatic N) is 1. The summed E-state index contributed by atoms with van der Waals surface area (Å²) in [5.74, 6) is 0.966. The Balaban J connectivity index is 1.98. The quantitative estimate of drug-likeness (QED) is 0.756. The fourth-order valence-corrected chi connectivity index (χ4v) is 2.10. The number of amides is 1. The predicted molar refractivity (Wildman–Crippen MR) is 87.5 cm³/mol. The molecule has 0 bridgehead atoms. The lowest BCUT2D eigenvalue weighted by Gasteiger charge is -2.12. The molecule has 2 N–H and O–H groups in total. The Morgan fingerprint density at radius 2 is 2.21 bits per heavy atom. The first kappa shape index (κ1) is 18.1. The molecule has 1 aromatic heterocycles. The molecule has 24 heavy (non-hydrogen) atoms. The molecule has 0 fully saturated rings. The lowest BCUT2D eigenvalue weighted by Crippen LogP contribution is -2.37. The third-order valence-corrected chi connectivity index (χ3v) is 3.57. The van der Waals surface area contributed by atoms with E-state index in [0.29, 0.717) is 28.7 Å². The van der Waals surface area contributed by atoms with Crippen LogP contribution in [-0.2, 0) is 6.61 Å². The molecule has 0 aliphatic carbocycles. The van der Waals surface area contributed by atoms with Crippen LogP contribution in [0.2, 0.25) is 5.02 Å². The molecular formula is C16H19ClN2O5. The van der Waals surface area contributed by atoms with Crippen LogP contribution in [-0.4, -0.2) is 35.9 Å². The number of aliphatic hydroxyl groups is 1. The minimum atomic E-state index is -0.407. The van der Waals surface area contributed by atoms with Crippen molar-refractivity contribution >= 4 is 17.5 Å². The van der Waals surface area contributed by atoms with Crippen LogP contribution in [0.4, 0.5) is 0 Å². The average Bonchev–Trinajstić information content (AvgIpc) is 3.07. The number of aromatic nitrogens is 1. The van der Waals surface area contributed by atoms with E-state index in [-0.39, 0.29) is 24.9 Å². The summed E-state index contributed by atoms with van der Waals surface area (Å²) in [6, 6.07) is 6.17. The zero-order valence-electron chi connectivity index (χ0n) is 13.4. The van der Waals surface area contributed by atoms with Gasteiger partial charge in [0, 0.05) is 17.2 Å². The summed E-state index contributed by atoms with van der Waals surface area (Å²) in [4.78, 5) is 12.0. The molecule has 0 radical (unpaired) electrons. The minimum Gasteiger partial charge on any atom is -0.493 e. The molecule has 2 aromatic rings. The highest BCUT2D eigenvalue weighted by Gasteiger charge is 2.16. The van der Waals surface area contributed by atoms with E-state index >= 15 is 0 Å². The Hall–Kier alpha value is -2.25. The highest BCUT2D eigenvalue weighted by molar-refractivity contribution is 6.30. The number of hydrogen-bond acceptors (Lipinski definition) is 6. The molecule has 2 rings (SSSR count). The second-order valence-electron chi connectivity index (χ2n) is 5.02. The standard InChI is InChI=1S/C16H19ClN2O5/c1-3-11(8-20)18-16(21)13-7-12(24-19-13)9-23-14-5-4-10(17)6-15(14)22-2/h4-7,11,20H,3,8-9H2,1-2H3,(H,18,21)/t11-/m1/s1. The summed E-state index contributed by atoms with van der Waals surface area (Å²) in [5.41, 5.74) is 0.128. The topological polar surface area (TPSA) is 93.8 Å². The number of methoxy groups -OCH3 is 1. The van der Waals surface area contributed by atoms with E-state index in [1.165, 1.54) is 13.2 Å². The van der Waals surface area contributed by atoms with Crippen LogP contribution in [0.1, 0.15) is 29.6 Å². The fraction of sp³-hybridized carbons (Fsp3) is 0.375. The van der Waals surface area contributed by atoms with E-state index in [4.69, 9.17) is 30.7 Å². The zero-order chi connectivity index (χ0) is 17.5. The van der Waals surface area contributed by atoms with Gasteiger partial charge in [-0.1, -0.05) is 23.7 Å². The third kappa shape index (κ3) is 4.62. The molecule has 0 saturated carbocycles. The molecular weight excluding hydrogens is 336 g/mol. The van der Waals surface area contributed by atoms with Gasteiger partial charge < -0.3 is 24.4 Å². The van der Waals surface area contributed by atoms with Crippen LogP contribution in [0.25, 0.3) is 0 Å². The normalized spacial score (nSPS) is 11.8. The monoisotopic (exact) mass is 354 g/mol. The van der Waals surface area contributed by atoms with E-state index in [1.807, 2.05) is 6.92 Å². The first-order chi connectivity index (χ1) is 11.6. The number of nitrogens with one attached hydrogen (secondary N) is 1. The molecule has 1 atom stereocenters. The van der Waals surface area contributed by atoms with Crippen LogP contribution in [0, 0.1) is 0 Å². The summed E-state index contributed by atoms with van der Waals surface area (Å²) in [6.07, 6.45) is 0.617. The van der Waals surface area contributed by atoms with Gasteiger partial charge in [0.2, 0.25) is 0 Å². The van der Waals surface area contributed by atoms with Gasteiger partial charge in [0.25, 0.3) is 5.91 Å². The number of aliphatic hydroxyl groups excluding tert-OH is 1. The summed E-state index contributed by atoms with van der Waals surface area (Å²) in [6.45, 7) is 1.81. The molecule has 130 valence electrons. The molecule has 8 heteroatoms. The number of benzene rings is 1. The van der Waals surface area contributed by atoms with E-state index in [0.717, 1.165) is 0 Å². The fourth-order valence-electron chi connectivity index (χ4n) is 1.93. The Kier molecular flexibility index (Phi) is 6.45. The molecule has 1 aromatic carbocycles. The van der Waals surface area contributed by atoms with Crippen molar-refractivity contribution in [3.63, 3.8) is 0 Å². The van der Waals surface area contributed by atoms with Gasteiger partial charge in [0.1, 0.15) is 6.61 Å². The SMILES string of the molecule is CC[C@H](CO)NC(=O)c1cc(COc2ccc(Cl)cc2OC)on1. The Morgan fingerprint density at radius 1 is 1.42 bits per heavy atom. The summed E-state index contributed by atoms with van der Waals surface area (Å²) < 4.78 is 15.9. The Bertz CT molecular complexity index is 685. The van der Waals surface area contributed by atoms with Crippen molar-refractivity contribution in [1.82, 2.24) is 10.5 Å². The number of carbonyl (C=O) groups excluding carboxylic acids is 1. The summed E-state index contributed by atoms with van der Waals surface area (Å²) >= 11 is 5.89. The third-order valence-electron chi connectivity index (χ3n) is 3.34. The lowest BCUT2D eigenvalue weighted by atomic mass is 10.2. The van der Waals surface area contributed by atoms with Gasteiger partial charge in [-0.05, 0) is 18.6 Å². The molecule has 0 aliphatic rings. The van der Waals surface area contributed by atoms with E-state index < -0.39 is 5.91 Å². The molecule has 1 heterocycles. The summed E-state index contributed by atoms with van der Waals surface area (Å²) in [7, 11) is 1.51. The largest absolute Gasteiger partial charge is 0.493 e. The zero-order valence-corrected chi connectivity index (χ0v) is 14.2. The van der Waals surface area contributed by atoms with Crippen molar-refractivity contribution in [2.75, 3.05) is 13.7 Å². The molecule has 0 unspecified atom stereocenters. The molecule has 0 spiro atoms. The first-order valence-electron chi connectivity index (χ1n) is 7.41. The van der Waals surface area contributed by atoms with Gasteiger partial charge in [-0.2, -0.15) is 0 Å². The van der Waals surface area contributed by atoms with Gasteiger partial charge in [0.05, 0.1) is 19.8 Å². The molecule has 0 saturated heterocycles. The lowest BCUT2D eigenvalue weighted by molar-refractivity contribution is 0.0905. The Morgan fingerprint density at radius 3 is 2.88 bits per heavy atom. The summed E-state index contributed by atoms with van der Waals surface area (Å²) in [5, 5.41) is 16.0. The maximum absolute atomic E-state index is 12.0. The minimum absolute atomic E-state index is 0.0788. The number of halogens is 1. The maximum atomic E-state index is 12.0. The van der Waals surface area contributed by atoms with Crippen LogP contribution < -0.4 is 14.8 Å². The van der Waals surface area contributed by atoms with Gasteiger partial charge in [-0.3, -0.25) is 4.79 Å². The molecule has 1 amide bonds. The number of carbonyl (C=O) groups is 1. The van der Waals surface area contributed by atoms with Crippen molar-refractivity contribution < 1.29 is 23.9 Å². The highest BCUT2D eigenvalue weighted by atomic mass is 35.5. The number of hydrogen-bond donors (Lipinski definition) is 2. The second kappa shape index (κ2) is 8.56. The van der Waals surface area contributed by atoms with Gasteiger partial charge >= 0.3 is 0 Å². The van der Waals surface area contributed by atoms with Crippen molar-refractivity contribution in [2.45, 2.75) is 26.0 Å². The number of ether oxygens (including phenoxy) is 2. The van der Waals surface area contributed by atoms with Crippen LogP contribution >= 0.6 is 11.6 Å². The predicted octanol–water partition coefficient (Wildman–Crippen LogP) is 2.42. The second-order valence-corrected chi connectivity index (χ2v) is 5.46. The highest BCUT2D eigenvalue weighted by Crippen LogP contribution is 2.30.